The normalized spacial score (nSPS) is 28.9. The number of piperidine rings is 1. The third kappa shape index (κ3) is 5.26. The van der Waals surface area contributed by atoms with Crippen LogP contribution in [0.25, 0.3) is 0 Å². The Morgan fingerprint density at radius 3 is 2.26 bits per heavy atom. The average Bonchev–Trinajstić information content (AvgIpc) is 3.41. The highest BCUT2D eigenvalue weighted by Gasteiger charge is 2.45. The number of benzene rings is 2. The van der Waals surface area contributed by atoms with Crippen molar-refractivity contribution in [3.8, 4) is 0 Å². The van der Waals surface area contributed by atoms with E-state index in [0.717, 1.165) is 29.5 Å². The Balaban J connectivity index is 0.969. The van der Waals surface area contributed by atoms with Crippen LogP contribution in [0.5, 0.6) is 0 Å². The molecule has 0 radical (unpaired) electrons. The lowest BCUT2D eigenvalue weighted by atomic mass is 9.95. The second kappa shape index (κ2) is 11.5. The van der Waals surface area contributed by atoms with E-state index in [-0.39, 0.29) is 46.5 Å². The molecule has 2 aromatic rings. The van der Waals surface area contributed by atoms with Crippen molar-refractivity contribution in [3.05, 3.63) is 52.3 Å². The molecule has 7 rings (SSSR count). The summed E-state index contributed by atoms with van der Waals surface area (Å²) in [5.74, 6) is -1.53. The quantitative estimate of drug-likeness (QED) is 0.318. The first-order chi connectivity index (χ1) is 21.8. The second-order valence-corrected chi connectivity index (χ2v) is 15.1. The van der Waals surface area contributed by atoms with Gasteiger partial charge in [0.05, 0.1) is 27.8 Å². The van der Waals surface area contributed by atoms with E-state index in [1.54, 1.807) is 6.07 Å². The number of sulfone groups is 1. The molecule has 15 heteroatoms. The number of rotatable bonds is 6. The largest absolute Gasteiger partial charge is 0.385 e. The number of fused-ring (bicyclic) bond motifs is 2. The van der Waals surface area contributed by atoms with Crippen LogP contribution in [0.15, 0.2) is 29.2 Å². The van der Waals surface area contributed by atoms with E-state index in [4.69, 9.17) is 0 Å². The van der Waals surface area contributed by atoms with Crippen molar-refractivity contribution in [1.29, 1.82) is 0 Å². The van der Waals surface area contributed by atoms with Crippen LogP contribution in [0.2, 0.25) is 0 Å². The maximum absolute atomic E-state index is 15.3. The summed E-state index contributed by atoms with van der Waals surface area (Å²) in [6.07, 6.45) is -3.73. The number of nitrogens with zero attached hydrogens (tertiary/aromatic N) is 4. The topological polar surface area (TPSA) is 154 Å². The molecule has 0 saturated carbocycles. The van der Waals surface area contributed by atoms with E-state index in [1.807, 2.05) is 4.90 Å². The zero-order valence-electron chi connectivity index (χ0n) is 25.3. The smallest absolute Gasteiger partial charge is 0.262 e. The third-order valence-corrected chi connectivity index (χ3v) is 11.2. The molecule has 0 aromatic heterocycles. The van der Waals surface area contributed by atoms with Crippen molar-refractivity contribution < 1.29 is 42.1 Å². The van der Waals surface area contributed by atoms with Gasteiger partial charge < -0.3 is 25.1 Å². The maximum Gasteiger partial charge on any atom is 0.262 e. The van der Waals surface area contributed by atoms with Crippen molar-refractivity contribution in [2.75, 3.05) is 61.9 Å². The summed E-state index contributed by atoms with van der Waals surface area (Å²) < 4.78 is 54.3. The van der Waals surface area contributed by atoms with Gasteiger partial charge in [-0.25, -0.2) is 17.2 Å². The number of halogens is 2. The van der Waals surface area contributed by atoms with E-state index >= 15 is 4.39 Å². The molecule has 248 valence electrons. The first kappa shape index (κ1) is 31.4. The zero-order valence-corrected chi connectivity index (χ0v) is 26.1. The van der Waals surface area contributed by atoms with Crippen LogP contribution in [0, 0.1) is 11.7 Å². The number of amides is 2. The zero-order chi connectivity index (χ0) is 32.7. The molecule has 3 fully saturated rings. The number of aliphatic hydroxyl groups excluding tert-OH is 3. The predicted octanol–water partition coefficient (Wildman–Crippen LogP) is 0.400. The molecule has 3 saturated heterocycles. The highest BCUT2D eigenvalue weighted by Crippen LogP contribution is 2.44. The van der Waals surface area contributed by atoms with E-state index in [1.165, 1.54) is 12.1 Å². The molecular weight excluding hydrogens is 624 g/mol. The lowest BCUT2D eigenvalue weighted by Crippen LogP contribution is -2.58. The van der Waals surface area contributed by atoms with Gasteiger partial charge in [0.25, 0.3) is 11.8 Å². The number of aliphatic hydroxyl groups is 3. The number of nitrogens with one attached hydrogen (secondary N) is 1. The number of carbonyl (C=O) groups is 2. The van der Waals surface area contributed by atoms with Gasteiger partial charge in [-0.2, -0.15) is 0 Å². The summed E-state index contributed by atoms with van der Waals surface area (Å²) in [7, 11) is -3.62. The van der Waals surface area contributed by atoms with Crippen LogP contribution < -0.4 is 15.1 Å². The van der Waals surface area contributed by atoms with E-state index < -0.39 is 58.2 Å². The molecule has 2 aromatic carbocycles. The minimum atomic E-state index is -3.62. The minimum absolute atomic E-state index is 0.0250. The summed E-state index contributed by atoms with van der Waals surface area (Å²) in [6.45, 7) is 4.53. The van der Waals surface area contributed by atoms with Gasteiger partial charge in [0.2, 0.25) is 0 Å². The Morgan fingerprint density at radius 2 is 1.61 bits per heavy atom. The second-order valence-electron chi connectivity index (χ2n) is 13.1. The number of anilines is 2. The van der Waals surface area contributed by atoms with Crippen molar-refractivity contribution in [2.45, 2.75) is 54.9 Å². The summed E-state index contributed by atoms with van der Waals surface area (Å²) in [5, 5.41) is 33.0. The van der Waals surface area contributed by atoms with Crippen LogP contribution >= 0.6 is 0 Å². The standard InChI is InChI=1S/C31H37F2N5O7S/c1-46(44,45)25-4-2-22(19-11-21(33)28(40)27(19)25)37-14-16(15-37)13-35-6-8-36(9-7-35)24-12-18-17(10-20(24)32)30(42)38(31(18)43)23-3-5-26(39)34-29(23)41/h2,4,10,12,16,21,23,26,28-29,34,39-41H,3,5-9,11,13-15H2,1H3/t21-,23?,26?,28+,29?/m0/s1. The minimum Gasteiger partial charge on any atom is -0.385 e. The number of imide groups is 1. The lowest BCUT2D eigenvalue weighted by molar-refractivity contribution is -0.0413. The fraction of sp³-hybridized carbons (Fsp3) is 0.548. The van der Waals surface area contributed by atoms with Crippen molar-refractivity contribution in [1.82, 2.24) is 15.1 Å². The van der Waals surface area contributed by atoms with Crippen molar-refractivity contribution in [3.63, 3.8) is 0 Å². The molecule has 2 amide bonds. The maximum atomic E-state index is 15.3. The summed E-state index contributed by atoms with van der Waals surface area (Å²) >= 11 is 0. The summed E-state index contributed by atoms with van der Waals surface area (Å²) in [4.78, 5) is 33.5. The molecule has 12 nitrogen and oxygen atoms in total. The van der Waals surface area contributed by atoms with Crippen LogP contribution in [0.4, 0.5) is 20.2 Å². The van der Waals surface area contributed by atoms with Crippen molar-refractivity contribution >= 4 is 33.0 Å². The number of piperazine rings is 1. The van der Waals surface area contributed by atoms with Gasteiger partial charge in [-0.15, -0.1) is 0 Å². The molecule has 4 aliphatic heterocycles. The molecule has 4 heterocycles. The molecule has 3 unspecified atom stereocenters. The van der Waals surface area contributed by atoms with Gasteiger partial charge in [0, 0.05) is 75.7 Å². The monoisotopic (exact) mass is 661 g/mol. The lowest BCUT2D eigenvalue weighted by Gasteiger charge is -2.45. The first-order valence-corrected chi connectivity index (χ1v) is 17.4. The molecule has 46 heavy (non-hydrogen) atoms. The van der Waals surface area contributed by atoms with Gasteiger partial charge in [0.15, 0.2) is 9.84 Å². The molecule has 5 atom stereocenters. The average molecular weight is 662 g/mol. The molecular formula is C31H37F2N5O7S. The van der Waals surface area contributed by atoms with Gasteiger partial charge in [0.1, 0.15) is 30.5 Å². The molecule has 0 bridgehead atoms. The van der Waals surface area contributed by atoms with E-state index in [0.29, 0.717) is 50.7 Å². The third-order valence-electron chi connectivity index (χ3n) is 10.0. The van der Waals surface area contributed by atoms with E-state index in [9.17, 15) is 37.7 Å². The SMILES string of the molecule is CS(=O)(=O)c1ccc(N2CC(CN3CCN(c4cc5c(cc4F)C(=O)N(C4CCC(O)NC4O)C5=O)CC3)C2)c2c1[C@H](O)[C@@H](F)C2. The Morgan fingerprint density at radius 1 is 0.935 bits per heavy atom. The molecule has 0 spiro atoms. The molecule has 4 N–H and O–H groups in total. The van der Waals surface area contributed by atoms with Gasteiger partial charge >= 0.3 is 0 Å². The van der Waals surface area contributed by atoms with Gasteiger partial charge in [-0.1, -0.05) is 0 Å². The predicted molar refractivity (Wildman–Crippen MR) is 163 cm³/mol. The summed E-state index contributed by atoms with van der Waals surface area (Å²) in [6, 6.07) is 4.82. The van der Waals surface area contributed by atoms with Crippen molar-refractivity contribution in [2.24, 2.45) is 5.92 Å². The van der Waals surface area contributed by atoms with Gasteiger partial charge in [-0.3, -0.25) is 24.7 Å². The highest BCUT2D eigenvalue weighted by atomic mass is 32.2. The molecule has 1 aliphatic carbocycles. The van der Waals surface area contributed by atoms with E-state index in [2.05, 4.69) is 15.1 Å². The van der Waals surface area contributed by atoms with Crippen LogP contribution in [-0.4, -0.2) is 122 Å². The first-order valence-electron chi connectivity index (χ1n) is 15.6. The van der Waals surface area contributed by atoms with Gasteiger partial charge in [-0.05, 0) is 42.7 Å². The van der Waals surface area contributed by atoms with Crippen LogP contribution in [0.1, 0.15) is 50.8 Å². The summed E-state index contributed by atoms with van der Waals surface area (Å²) in [5.41, 5.74) is 1.79. The fourth-order valence-electron chi connectivity index (χ4n) is 7.66. The highest BCUT2D eigenvalue weighted by molar-refractivity contribution is 7.90. The number of hydrogen-bond donors (Lipinski definition) is 4. The molecule has 5 aliphatic rings. The van der Waals surface area contributed by atoms with Crippen LogP contribution in [0.3, 0.4) is 0 Å². The fourth-order valence-corrected chi connectivity index (χ4v) is 8.61. The Hall–Kier alpha value is -3.21. The van der Waals surface area contributed by atoms with Crippen LogP contribution in [-0.2, 0) is 16.3 Å². The number of carbonyl (C=O) groups excluding carboxylic acids is 2. The Bertz CT molecular complexity index is 1700. The number of hydrogen-bond acceptors (Lipinski definition) is 11. The Kier molecular flexibility index (Phi) is 7.84. The Labute approximate surface area is 265 Å². The number of alkyl halides is 1.